The molecule has 0 radical (unpaired) electrons. The monoisotopic (exact) mass is 231 g/mol. The Morgan fingerprint density at radius 1 is 1.33 bits per heavy atom. The molecule has 2 N–H and O–H groups in total. The van der Waals surface area contributed by atoms with Crippen molar-refractivity contribution in [1.82, 2.24) is 9.80 Å². The maximum Gasteiger partial charge on any atom is 0.0429 e. The maximum atomic E-state index is 5.97. The third-order valence-electron chi connectivity index (χ3n) is 3.38. The van der Waals surface area contributed by atoms with Crippen molar-refractivity contribution in [3.05, 3.63) is 0 Å². The summed E-state index contributed by atoms with van der Waals surface area (Å²) in [6, 6.07) is 0. The van der Waals surface area contributed by atoms with E-state index in [0.717, 1.165) is 24.9 Å². The second-order valence-electron chi connectivity index (χ2n) is 4.98. The Morgan fingerprint density at radius 2 is 2.00 bits per heavy atom. The van der Waals surface area contributed by atoms with Crippen LogP contribution in [0, 0.1) is 0 Å². The van der Waals surface area contributed by atoms with Crippen molar-refractivity contribution in [2.45, 2.75) is 24.1 Å². The van der Waals surface area contributed by atoms with Crippen LogP contribution in [0.2, 0.25) is 0 Å². The Balaban J connectivity index is 2.50. The van der Waals surface area contributed by atoms with Crippen LogP contribution in [0.25, 0.3) is 0 Å². The van der Waals surface area contributed by atoms with E-state index in [9.17, 15) is 0 Å². The summed E-state index contributed by atoms with van der Waals surface area (Å²) >= 11 is 2.06. The largest absolute Gasteiger partial charge is 0.329 e. The molecule has 2 unspecified atom stereocenters. The first-order valence-corrected chi connectivity index (χ1v) is 6.73. The molecule has 0 aliphatic carbocycles. The third-order valence-corrected chi connectivity index (χ3v) is 4.82. The zero-order valence-electron chi connectivity index (χ0n) is 10.5. The SMILES string of the molecule is CC1CC(CN)(N(C)CCN(C)C)CS1. The van der Waals surface area contributed by atoms with Crippen molar-refractivity contribution in [2.24, 2.45) is 5.73 Å². The topological polar surface area (TPSA) is 32.5 Å². The molecule has 0 aromatic carbocycles. The Bertz CT molecular complexity index is 198. The number of hydrogen-bond donors (Lipinski definition) is 1. The zero-order chi connectivity index (χ0) is 11.5. The molecule has 0 bridgehead atoms. The van der Waals surface area contributed by atoms with Crippen LogP contribution in [0.3, 0.4) is 0 Å². The molecule has 90 valence electrons. The van der Waals surface area contributed by atoms with Crippen LogP contribution in [0.15, 0.2) is 0 Å². The predicted octanol–water partition coefficient (Wildman–Crippen LogP) is 0.703. The quantitative estimate of drug-likeness (QED) is 0.755. The van der Waals surface area contributed by atoms with Gasteiger partial charge < -0.3 is 10.6 Å². The van der Waals surface area contributed by atoms with E-state index in [2.05, 4.69) is 49.6 Å². The maximum absolute atomic E-state index is 5.97. The molecule has 2 atom stereocenters. The van der Waals surface area contributed by atoms with Gasteiger partial charge in [0.15, 0.2) is 0 Å². The van der Waals surface area contributed by atoms with Crippen molar-refractivity contribution in [3.63, 3.8) is 0 Å². The molecule has 0 aromatic heterocycles. The van der Waals surface area contributed by atoms with Gasteiger partial charge in [-0.15, -0.1) is 0 Å². The lowest BCUT2D eigenvalue weighted by atomic mass is 9.94. The van der Waals surface area contributed by atoms with Crippen LogP contribution >= 0.6 is 11.8 Å². The molecule has 1 saturated heterocycles. The predicted molar refractivity (Wildman–Crippen MR) is 69.5 cm³/mol. The molecule has 1 rings (SSSR count). The second-order valence-corrected chi connectivity index (χ2v) is 6.41. The molecule has 1 aliphatic heterocycles. The van der Waals surface area contributed by atoms with Crippen molar-refractivity contribution in [3.8, 4) is 0 Å². The van der Waals surface area contributed by atoms with Crippen LogP contribution in [0.4, 0.5) is 0 Å². The van der Waals surface area contributed by atoms with Crippen LogP contribution in [0.1, 0.15) is 13.3 Å². The van der Waals surface area contributed by atoms with E-state index in [-0.39, 0.29) is 5.54 Å². The second kappa shape index (κ2) is 5.53. The number of thioether (sulfide) groups is 1. The van der Waals surface area contributed by atoms with Crippen molar-refractivity contribution in [1.29, 1.82) is 0 Å². The Kier molecular flexibility index (Phi) is 4.90. The number of rotatable bonds is 5. The van der Waals surface area contributed by atoms with Gasteiger partial charge in [0.05, 0.1) is 0 Å². The van der Waals surface area contributed by atoms with Crippen molar-refractivity contribution in [2.75, 3.05) is 46.5 Å². The molecule has 0 aromatic rings. The number of nitrogens with two attached hydrogens (primary N) is 1. The fraction of sp³-hybridized carbons (Fsp3) is 1.00. The van der Waals surface area contributed by atoms with Gasteiger partial charge in [0, 0.05) is 36.2 Å². The average molecular weight is 231 g/mol. The molecular weight excluding hydrogens is 206 g/mol. The van der Waals surface area contributed by atoms with E-state index < -0.39 is 0 Å². The van der Waals surface area contributed by atoms with Crippen molar-refractivity contribution < 1.29 is 0 Å². The minimum Gasteiger partial charge on any atom is -0.329 e. The van der Waals surface area contributed by atoms with E-state index in [0.29, 0.717) is 0 Å². The molecule has 3 nitrogen and oxygen atoms in total. The van der Waals surface area contributed by atoms with Gasteiger partial charge in [0.25, 0.3) is 0 Å². The molecule has 1 fully saturated rings. The Morgan fingerprint density at radius 3 is 2.40 bits per heavy atom. The highest BCUT2D eigenvalue weighted by atomic mass is 32.2. The van der Waals surface area contributed by atoms with Gasteiger partial charge in [-0.1, -0.05) is 6.92 Å². The highest BCUT2D eigenvalue weighted by molar-refractivity contribution is 8.00. The van der Waals surface area contributed by atoms with Crippen LogP contribution in [0.5, 0.6) is 0 Å². The fourth-order valence-corrected chi connectivity index (χ4v) is 3.58. The standard InChI is InChI=1S/C11H25N3S/c1-10-7-11(8-12,9-15-10)14(4)6-5-13(2)3/h10H,5-9,12H2,1-4H3. The highest BCUT2D eigenvalue weighted by Crippen LogP contribution is 2.37. The van der Waals surface area contributed by atoms with Crippen LogP contribution in [-0.4, -0.2) is 67.1 Å². The van der Waals surface area contributed by atoms with Gasteiger partial charge >= 0.3 is 0 Å². The van der Waals surface area contributed by atoms with Gasteiger partial charge in [-0.25, -0.2) is 0 Å². The van der Waals surface area contributed by atoms with Crippen molar-refractivity contribution >= 4 is 11.8 Å². The summed E-state index contributed by atoms with van der Waals surface area (Å²) in [5.74, 6) is 1.19. The van der Waals surface area contributed by atoms with Crippen LogP contribution < -0.4 is 5.73 Å². The smallest absolute Gasteiger partial charge is 0.0429 e. The molecule has 1 aliphatic rings. The van der Waals surface area contributed by atoms with Gasteiger partial charge in [0.2, 0.25) is 0 Å². The number of nitrogens with zero attached hydrogens (tertiary/aromatic N) is 2. The minimum atomic E-state index is 0.250. The lowest BCUT2D eigenvalue weighted by molar-refractivity contribution is 0.135. The summed E-state index contributed by atoms with van der Waals surface area (Å²) in [6.07, 6.45) is 1.23. The normalized spacial score (nSPS) is 31.8. The molecule has 0 saturated carbocycles. The van der Waals surface area contributed by atoms with E-state index >= 15 is 0 Å². The van der Waals surface area contributed by atoms with E-state index in [1.165, 1.54) is 12.2 Å². The average Bonchev–Trinajstić information content (AvgIpc) is 2.57. The summed E-state index contributed by atoms with van der Waals surface area (Å²) in [5, 5.41) is 0.760. The van der Waals surface area contributed by atoms with Gasteiger partial charge in [0.1, 0.15) is 0 Å². The molecule has 0 spiro atoms. The molecule has 1 heterocycles. The fourth-order valence-electron chi connectivity index (χ4n) is 2.10. The number of likely N-dealkylation sites (N-methyl/N-ethyl adjacent to an activating group) is 2. The summed E-state index contributed by atoms with van der Waals surface area (Å²) in [4.78, 5) is 4.69. The first kappa shape index (κ1) is 13.3. The third kappa shape index (κ3) is 3.34. The first-order chi connectivity index (χ1) is 7.00. The summed E-state index contributed by atoms with van der Waals surface area (Å²) in [7, 11) is 6.46. The molecular formula is C11H25N3S. The summed E-state index contributed by atoms with van der Waals surface area (Å²) in [6.45, 7) is 5.31. The van der Waals surface area contributed by atoms with E-state index in [1.807, 2.05) is 0 Å². The Labute approximate surface area is 98.4 Å². The lowest BCUT2D eigenvalue weighted by Crippen LogP contribution is -2.54. The lowest BCUT2D eigenvalue weighted by Gasteiger charge is -2.38. The molecule has 4 heteroatoms. The van der Waals surface area contributed by atoms with Gasteiger partial charge in [-0.2, -0.15) is 11.8 Å². The highest BCUT2D eigenvalue weighted by Gasteiger charge is 2.39. The Hall–Kier alpha value is 0.230. The number of hydrogen-bond acceptors (Lipinski definition) is 4. The van der Waals surface area contributed by atoms with Gasteiger partial charge in [-0.05, 0) is 27.6 Å². The van der Waals surface area contributed by atoms with Gasteiger partial charge in [-0.3, -0.25) is 4.90 Å². The minimum absolute atomic E-state index is 0.250. The molecule has 0 amide bonds. The van der Waals surface area contributed by atoms with E-state index in [1.54, 1.807) is 0 Å². The van der Waals surface area contributed by atoms with E-state index in [4.69, 9.17) is 5.73 Å². The summed E-state index contributed by atoms with van der Waals surface area (Å²) < 4.78 is 0. The summed E-state index contributed by atoms with van der Waals surface area (Å²) in [5.41, 5.74) is 6.22. The van der Waals surface area contributed by atoms with Crippen LogP contribution in [-0.2, 0) is 0 Å². The zero-order valence-corrected chi connectivity index (χ0v) is 11.3. The molecule has 15 heavy (non-hydrogen) atoms. The first-order valence-electron chi connectivity index (χ1n) is 5.68.